The van der Waals surface area contributed by atoms with E-state index in [2.05, 4.69) is 20.6 Å². The molecule has 1 saturated carbocycles. The molecule has 32 heavy (non-hydrogen) atoms. The number of amides is 1. The van der Waals surface area contributed by atoms with Crippen molar-refractivity contribution in [2.75, 3.05) is 5.32 Å². The summed E-state index contributed by atoms with van der Waals surface area (Å²) in [6.07, 6.45) is 1.60. The lowest BCUT2D eigenvalue weighted by Gasteiger charge is -2.37. The number of nitrogens with one attached hydrogen (secondary N) is 2. The zero-order valence-corrected chi connectivity index (χ0v) is 18.1. The summed E-state index contributed by atoms with van der Waals surface area (Å²) >= 11 is 1.46. The first-order valence-corrected chi connectivity index (χ1v) is 11.5. The third kappa shape index (κ3) is 4.09. The number of benzene rings is 2. The molecule has 0 saturated heterocycles. The highest BCUT2D eigenvalue weighted by Gasteiger charge is 2.50. The Labute approximate surface area is 190 Å². The molecule has 4 N–H and O–H groups in total. The molecule has 2 aliphatic rings. The van der Waals surface area contributed by atoms with Gasteiger partial charge in [-0.1, -0.05) is 54.2 Å². The van der Waals surface area contributed by atoms with E-state index >= 15 is 0 Å². The summed E-state index contributed by atoms with van der Waals surface area (Å²) in [5.74, 6) is -0.612. The van der Waals surface area contributed by atoms with Crippen molar-refractivity contribution in [3.8, 4) is 0 Å². The Bertz CT molecular complexity index is 1150. The zero-order valence-electron chi connectivity index (χ0n) is 17.3. The number of amidine groups is 1. The van der Waals surface area contributed by atoms with Crippen molar-refractivity contribution in [1.29, 1.82) is 0 Å². The van der Waals surface area contributed by atoms with Gasteiger partial charge in [0.05, 0.1) is 18.1 Å². The summed E-state index contributed by atoms with van der Waals surface area (Å²) in [5.41, 5.74) is 1.82. The van der Waals surface area contributed by atoms with Crippen LogP contribution in [0.1, 0.15) is 12.0 Å². The van der Waals surface area contributed by atoms with Crippen molar-refractivity contribution in [2.45, 2.75) is 36.5 Å². The lowest BCUT2D eigenvalue weighted by Crippen LogP contribution is -2.53. The van der Waals surface area contributed by atoms with Gasteiger partial charge in [-0.25, -0.2) is 0 Å². The number of aromatic nitrogens is 1. The minimum absolute atomic E-state index is 0.149. The molecule has 1 aliphatic carbocycles. The van der Waals surface area contributed by atoms with Gasteiger partial charge in [0.1, 0.15) is 6.10 Å². The van der Waals surface area contributed by atoms with Crippen LogP contribution >= 0.6 is 11.8 Å². The fraction of sp³-hybridized carbons (Fsp3) is 0.292. The monoisotopic (exact) mass is 448 g/mol. The molecule has 2 aromatic carbocycles. The first-order valence-electron chi connectivity index (χ1n) is 10.6. The van der Waals surface area contributed by atoms with E-state index < -0.39 is 24.2 Å². The number of thioether (sulfide) groups is 1. The number of aliphatic imine (C=N–C) groups is 1. The molecular formula is C24H24N4O3S. The van der Waals surface area contributed by atoms with Gasteiger partial charge in [0.25, 0.3) is 0 Å². The van der Waals surface area contributed by atoms with E-state index in [4.69, 9.17) is 0 Å². The zero-order chi connectivity index (χ0) is 22.1. The number of carbonyl (C=O) groups is 1. The average molecular weight is 449 g/mol. The van der Waals surface area contributed by atoms with Gasteiger partial charge in [-0.2, -0.15) is 0 Å². The molecule has 1 amide bonds. The molecule has 0 bridgehead atoms. The number of fused-ring (bicyclic) bond motifs is 2. The van der Waals surface area contributed by atoms with Gasteiger partial charge in [0.2, 0.25) is 5.91 Å². The quantitative estimate of drug-likeness (QED) is 0.489. The first kappa shape index (κ1) is 20.9. The largest absolute Gasteiger partial charge is 0.390 e. The molecule has 3 aromatic rings. The van der Waals surface area contributed by atoms with Crippen LogP contribution in [-0.4, -0.2) is 49.8 Å². The van der Waals surface area contributed by atoms with Gasteiger partial charge < -0.3 is 20.8 Å². The van der Waals surface area contributed by atoms with Crippen LogP contribution in [0.15, 0.2) is 72.0 Å². The van der Waals surface area contributed by atoms with Gasteiger partial charge in [-0.05, 0) is 29.5 Å². The van der Waals surface area contributed by atoms with E-state index in [0.717, 1.165) is 22.0 Å². The molecule has 0 unspecified atom stereocenters. The number of anilines is 1. The van der Waals surface area contributed by atoms with Gasteiger partial charge >= 0.3 is 0 Å². The second kappa shape index (κ2) is 8.90. The van der Waals surface area contributed by atoms with Crippen LogP contribution in [-0.2, 0) is 11.3 Å². The maximum absolute atomic E-state index is 13.0. The van der Waals surface area contributed by atoms with E-state index in [1.54, 1.807) is 12.4 Å². The Morgan fingerprint density at radius 3 is 2.78 bits per heavy atom. The number of rotatable bonds is 4. The fourth-order valence-electron chi connectivity index (χ4n) is 4.38. The number of carbonyl (C=O) groups excluding carboxylic acids is 1. The fourth-order valence-corrected chi connectivity index (χ4v) is 5.75. The SMILES string of the molecule is O=C(NCc1cccnc1)[C@H]1C[C@@H](O)[C@H](O)[C@@H]2N=C(Nc3cccc4ccccc34)S[C@@H]21. The van der Waals surface area contributed by atoms with Gasteiger partial charge in [-0.15, -0.1) is 0 Å². The number of nitrogens with zero attached hydrogens (tertiary/aromatic N) is 2. The van der Waals surface area contributed by atoms with Gasteiger partial charge in [0, 0.05) is 35.3 Å². The maximum Gasteiger partial charge on any atom is 0.224 e. The van der Waals surface area contributed by atoms with E-state index in [1.807, 2.05) is 54.6 Å². The molecule has 5 atom stereocenters. The second-order valence-corrected chi connectivity index (χ2v) is 9.30. The molecule has 0 spiro atoms. The van der Waals surface area contributed by atoms with Crippen molar-refractivity contribution >= 4 is 39.3 Å². The summed E-state index contributed by atoms with van der Waals surface area (Å²) in [5, 5.41) is 29.9. The van der Waals surface area contributed by atoms with Crippen molar-refractivity contribution in [3.63, 3.8) is 0 Å². The highest BCUT2D eigenvalue weighted by atomic mass is 32.2. The third-order valence-electron chi connectivity index (χ3n) is 6.04. The minimum atomic E-state index is -0.998. The summed E-state index contributed by atoms with van der Waals surface area (Å²) in [6, 6.07) is 17.3. The minimum Gasteiger partial charge on any atom is -0.390 e. The molecular weight excluding hydrogens is 424 g/mol. The van der Waals surface area contributed by atoms with Crippen LogP contribution in [0.5, 0.6) is 0 Å². The van der Waals surface area contributed by atoms with E-state index in [-0.39, 0.29) is 17.6 Å². The van der Waals surface area contributed by atoms with Crippen LogP contribution in [0.2, 0.25) is 0 Å². The molecule has 0 radical (unpaired) electrons. The van der Waals surface area contributed by atoms with E-state index in [9.17, 15) is 15.0 Å². The summed E-state index contributed by atoms with van der Waals surface area (Å²) < 4.78 is 0. The molecule has 1 aliphatic heterocycles. The Morgan fingerprint density at radius 1 is 1.09 bits per heavy atom. The van der Waals surface area contributed by atoms with Crippen LogP contribution in [0.25, 0.3) is 10.8 Å². The van der Waals surface area contributed by atoms with E-state index in [1.165, 1.54) is 11.8 Å². The Balaban J connectivity index is 1.33. The molecule has 2 heterocycles. The summed E-state index contributed by atoms with van der Waals surface area (Å²) in [4.78, 5) is 21.7. The summed E-state index contributed by atoms with van der Waals surface area (Å²) in [6.45, 7) is 0.367. The number of hydrogen-bond donors (Lipinski definition) is 4. The molecule has 164 valence electrons. The lowest BCUT2D eigenvalue weighted by molar-refractivity contribution is -0.129. The first-order chi connectivity index (χ1) is 15.6. The second-order valence-electron chi connectivity index (χ2n) is 8.14. The predicted octanol–water partition coefficient (Wildman–Crippen LogP) is 2.54. The highest BCUT2D eigenvalue weighted by Crippen LogP contribution is 2.42. The molecule has 1 aromatic heterocycles. The van der Waals surface area contributed by atoms with Crippen molar-refractivity contribution in [1.82, 2.24) is 10.3 Å². The smallest absolute Gasteiger partial charge is 0.224 e. The standard InChI is InChI=1S/C24H24N4O3S/c29-19-11-17(23(31)26-13-14-5-4-10-25-12-14)22-20(21(19)30)28-24(32-22)27-18-9-3-7-15-6-1-2-8-16(15)18/h1-10,12,17,19-22,29-30H,11,13H2,(H,26,31)(H,27,28)/t17-,19+,20-,21-,22+/m0/s1. The van der Waals surface area contributed by atoms with Gasteiger partial charge in [-0.3, -0.25) is 14.8 Å². The molecule has 8 heteroatoms. The van der Waals surface area contributed by atoms with Crippen LogP contribution in [0.4, 0.5) is 5.69 Å². The molecule has 1 fully saturated rings. The van der Waals surface area contributed by atoms with Crippen molar-refractivity contribution in [3.05, 3.63) is 72.6 Å². The van der Waals surface area contributed by atoms with E-state index in [0.29, 0.717) is 11.7 Å². The number of aliphatic hydroxyl groups is 2. The summed E-state index contributed by atoms with van der Waals surface area (Å²) in [7, 11) is 0. The Kier molecular flexibility index (Phi) is 5.82. The molecule has 7 nitrogen and oxygen atoms in total. The average Bonchev–Trinajstić information content (AvgIpc) is 3.25. The van der Waals surface area contributed by atoms with Crippen molar-refractivity contribution < 1.29 is 15.0 Å². The van der Waals surface area contributed by atoms with Crippen LogP contribution in [0, 0.1) is 5.92 Å². The lowest BCUT2D eigenvalue weighted by atomic mass is 9.81. The maximum atomic E-state index is 13.0. The van der Waals surface area contributed by atoms with Crippen LogP contribution in [0.3, 0.4) is 0 Å². The van der Waals surface area contributed by atoms with Gasteiger partial charge in [0.15, 0.2) is 5.17 Å². The topological polar surface area (TPSA) is 107 Å². The third-order valence-corrected chi connectivity index (χ3v) is 7.35. The number of hydrogen-bond acceptors (Lipinski definition) is 7. The normalized spacial score (nSPS) is 26.9. The highest BCUT2D eigenvalue weighted by molar-refractivity contribution is 8.15. The predicted molar refractivity (Wildman–Crippen MR) is 126 cm³/mol. The molecule has 5 rings (SSSR count). The Morgan fingerprint density at radius 2 is 1.94 bits per heavy atom. The number of aliphatic hydroxyl groups excluding tert-OH is 2. The number of pyridine rings is 1. The van der Waals surface area contributed by atoms with Crippen LogP contribution < -0.4 is 10.6 Å². The Hall–Kier alpha value is -2.94. The van der Waals surface area contributed by atoms with Crippen molar-refractivity contribution in [2.24, 2.45) is 10.9 Å².